The molecule has 1 unspecified atom stereocenters. The number of ether oxygens (including phenoxy) is 1. The van der Waals surface area contributed by atoms with Gasteiger partial charge in [-0.1, -0.05) is 19.3 Å². The van der Waals surface area contributed by atoms with E-state index in [1.165, 1.54) is 44.9 Å². The first-order valence-corrected chi connectivity index (χ1v) is 6.82. The Balaban J connectivity index is 1.61. The Kier molecular flexibility index (Phi) is 4.40. The normalized spacial score (nSPS) is 26.7. The van der Waals surface area contributed by atoms with Crippen LogP contribution in [0.4, 0.5) is 0 Å². The number of nitrogens with one attached hydrogen (secondary N) is 1. The van der Waals surface area contributed by atoms with Crippen LogP contribution in [0.2, 0.25) is 0 Å². The average molecular weight is 240 g/mol. The second-order valence-electron chi connectivity index (χ2n) is 5.49. The lowest BCUT2D eigenvalue weighted by Gasteiger charge is -2.52. The maximum atomic E-state index is 10.5. The van der Waals surface area contributed by atoms with Gasteiger partial charge in [-0.15, -0.1) is 0 Å². The van der Waals surface area contributed by atoms with Crippen LogP contribution in [0, 0.1) is 5.41 Å². The van der Waals surface area contributed by atoms with Gasteiger partial charge in [0.2, 0.25) is 5.91 Å². The van der Waals surface area contributed by atoms with E-state index in [4.69, 9.17) is 10.5 Å². The van der Waals surface area contributed by atoms with Crippen molar-refractivity contribution in [2.75, 3.05) is 19.8 Å². The minimum Gasteiger partial charge on any atom is -0.370 e. The van der Waals surface area contributed by atoms with E-state index in [-0.39, 0.29) is 6.61 Å². The molecule has 0 heterocycles. The van der Waals surface area contributed by atoms with Gasteiger partial charge < -0.3 is 15.8 Å². The van der Waals surface area contributed by atoms with Gasteiger partial charge in [0.15, 0.2) is 0 Å². The van der Waals surface area contributed by atoms with Gasteiger partial charge in [0.1, 0.15) is 6.61 Å². The summed E-state index contributed by atoms with van der Waals surface area (Å²) in [6, 6.07) is 0.681. The van der Waals surface area contributed by atoms with E-state index in [1.807, 2.05) is 0 Å². The minimum absolute atomic E-state index is 0.0392. The van der Waals surface area contributed by atoms with E-state index >= 15 is 0 Å². The van der Waals surface area contributed by atoms with E-state index in [1.54, 1.807) is 0 Å². The van der Waals surface area contributed by atoms with Gasteiger partial charge in [-0.2, -0.15) is 0 Å². The highest BCUT2D eigenvalue weighted by Gasteiger charge is 2.46. The fourth-order valence-corrected chi connectivity index (χ4v) is 3.35. The van der Waals surface area contributed by atoms with E-state index in [0.717, 1.165) is 6.54 Å². The summed E-state index contributed by atoms with van der Waals surface area (Å²) in [5.74, 6) is -0.391. The summed E-state index contributed by atoms with van der Waals surface area (Å²) in [6.45, 7) is 1.45. The SMILES string of the molecule is NC(=O)COCCNC1CCC12CCCCC2. The van der Waals surface area contributed by atoms with Gasteiger partial charge in [-0.05, 0) is 31.1 Å². The number of amides is 1. The molecule has 0 radical (unpaired) electrons. The fraction of sp³-hybridized carbons (Fsp3) is 0.923. The quantitative estimate of drug-likeness (QED) is 0.685. The highest BCUT2D eigenvalue weighted by molar-refractivity contribution is 5.74. The summed E-state index contributed by atoms with van der Waals surface area (Å²) in [4.78, 5) is 10.5. The molecule has 1 atom stereocenters. The van der Waals surface area contributed by atoms with Crippen molar-refractivity contribution >= 4 is 5.91 Å². The highest BCUT2D eigenvalue weighted by Crippen LogP contribution is 2.51. The summed E-state index contributed by atoms with van der Waals surface area (Å²) >= 11 is 0. The molecule has 0 aromatic carbocycles. The molecule has 1 amide bonds. The van der Waals surface area contributed by atoms with Gasteiger partial charge in [-0.3, -0.25) is 4.79 Å². The van der Waals surface area contributed by atoms with Crippen LogP contribution in [0.3, 0.4) is 0 Å². The second kappa shape index (κ2) is 5.83. The number of nitrogens with two attached hydrogens (primary N) is 1. The van der Waals surface area contributed by atoms with Crippen LogP contribution in [0.5, 0.6) is 0 Å². The third-order valence-corrected chi connectivity index (χ3v) is 4.40. The Morgan fingerprint density at radius 2 is 2.06 bits per heavy atom. The third kappa shape index (κ3) is 3.19. The second-order valence-corrected chi connectivity index (χ2v) is 5.49. The number of rotatable bonds is 6. The summed E-state index contributed by atoms with van der Waals surface area (Å²) in [5, 5.41) is 3.58. The number of hydrogen-bond acceptors (Lipinski definition) is 3. The minimum atomic E-state index is -0.391. The maximum absolute atomic E-state index is 10.5. The van der Waals surface area contributed by atoms with Crippen molar-refractivity contribution in [3.8, 4) is 0 Å². The van der Waals surface area contributed by atoms with Crippen molar-refractivity contribution in [2.45, 2.75) is 51.0 Å². The van der Waals surface area contributed by atoms with Crippen molar-refractivity contribution in [3.63, 3.8) is 0 Å². The van der Waals surface area contributed by atoms with Gasteiger partial charge in [0.05, 0.1) is 6.61 Å². The van der Waals surface area contributed by atoms with E-state index < -0.39 is 5.91 Å². The lowest BCUT2D eigenvalue weighted by Crippen LogP contribution is -2.54. The summed E-state index contributed by atoms with van der Waals surface area (Å²) in [6.07, 6.45) is 9.70. The first-order valence-electron chi connectivity index (χ1n) is 6.82. The zero-order valence-corrected chi connectivity index (χ0v) is 10.5. The number of carbonyl (C=O) groups is 1. The lowest BCUT2D eigenvalue weighted by molar-refractivity contribution is -0.122. The Labute approximate surface area is 103 Å². The molecule has 17 heavy (non-hydrogen) atoms. The Hall–Kier alpha value is -0.610. The third-order valence-electron chi connectivity index (χ3n) is 4.40. The molecular formula is C13H24N2O2. The largest absolute Gasteiger partial charge is 0.370 e. The molecule has 4 heteroatoms. The molecule has 0 saturated heterocycles. The number of primary amides is 1. The first-order chi connectivity index (χ1) is 8.23. The van der Waals surface area contributed by atoms with E-state index in [0.29, 0.717) is 18.1 Å². The summed E-state index contributed by atoms with van der Waals surface area (Å²) in [7, 11) is 0. The average Bonchev–Trinajstić information content (AvgIpc) is 2.33. The summed E-state index contributed by atoms with van der Waals surface area (Å²) in [5.41, 5.74) is 5.60. The van der Waals surface area contributed by atoms with Crippen molar-refractivity contribution in [1.29, 1.82) is 0 Å². The zero-order valence-electron chi connectivity index (χ0n) is 10.5. The molecule has 3 N–H and O–H groups in total. The van der Waals surface area contributed by atoms with Gasteiger partial charge in [0, 0.05) is 12.6 Å². The molecule has 98 valence electrons. The van der Waals surface area contributed by atoms with E-state index in [9.17, 15) is 4.79 Å². The van der Waals surface area contributed by atoms with Crippen LogP contribution < -0.4 is 11.1 Å². The predicted molar refractivity (Wildman–Crippen MR) is 66.6 cm³/mol. The molecule has 2 saturated carbocycles. The molecule has 2 aliphatic rings. The van der Waals surface area contributed by atoms with Crippen LogP contribution in [0.1, 0.15) is 44.9 Å². The molecule has 0 aromatic rings. The van der Waals surface area contributed by atoms with Crippen LogP contribution in [0.15, 0.2) is 0 Å². The van der Waals surface area contributed by atoms with Crippen molar-refractivity contribution in [1.82, 2.24) is 5.32 Å². The molecule has 4 nitrogen and oxygen atoms in total. The highest BCUT2D eigenvalue weighted by atomic mass is 16.5. The summed E-state index contributed by atoms with van der Waals surface area (Å²) < 4.78 is 5.15. The van der Waals surface area contributed by atoms with Gasteiger partial charge in [0.25, 0.3) is 0 Å². The van der Waals surface area contributed by atoms with Crippen LogP contribution in [-0.2, 0) is 9.53 Å². The van der Waals surface area contributed by atoms with Crippen LogP contribution >= 0.6 is 0 Å². The van der Waals surface area contributed by atoms with Crippen LogP contribution in [0.25, 0.3) is 0 Å². The van der Waals surface area contributed by atoms with Crippen molar-refractivity contribution in [2.24, 2.45) is 11.1 Å². The molecule has 2 aliphatic carbocycles. The first kappa shape index (κ1) is 12.8. The molecule has 1 spiro atoms. The van der Waals surface area contributed by atoms with E-state index in [2.05, 4.69) is 5.32 Å². The topological polar surface area (TPSA) is 64.4 Å². The molecule has 0 bridgehead atoms. The van der Waals surface area contributed by atoms with Crippen LogP contribution in [-0.4, -0.2) is 31.7 Å². The molecular weight excluding hydrogens is 216 g/mol. The fourth-order valence-electron chi connectivity index (χ4n) is 3.35. The molecule has 2 fully saturated rings. The van der Waals surface area contributed by atoms with Crippen molar-refractivity contribution in [3.05, 3.63) is 0 Å². The molecule has 2 rings (SSSR count). The lowest BCUT2D eigenvalue weighted by atomic mass is 9.57. The standard InChI is InChI=1S/C13H24N2O2/c14-12(16)10-17-9-8-15-11-4-7-13(11)5-2-1-3-6-13/h11,15H,1-10H2,(H2,14,16). The monoisotopic (exact) mass is 240 g/mol. The number of hydrogen-bond donors (Lipinski definition) is 2. The van der Waals surface area contributed by atoms with Gasteiger partial charge >= 0.3 is 0 Å². The Morgan fingerprint density at radius 1 is 1.29 bits per heavy atom. The number of carbonyl (C=O) groups excluding carboxylic acids is 1. The Bertz CT molecular complexity index is 262. The van der Waals surface area contributed by atoms with Crippen molar-refractivity contribution < 1.29 is 9.53 Å². The molecule has 0 aromatic heterocycles. The maximum Gasteiger partial charge on any atom is 0.243 e. The van der Waals surface area contributed by atoms with Gasteiger partial charge in [-0.25, -0.2) is 0 Å². The smallest absolute Gasteiger partial charge is 0.243 e. The molecule has 0 aliphatic heterocycles. The predicted octanol–water partition coefficient (Wildman–Crippen LogP) is 1.19. The zero-order chi connectivity index (χ0) is 12.1. The Morgan fingerprint density at radius 3 is 2.65 bits per heavy atom.